The summed E-state index contributed by atoms with van der Waals surface area (Å²) in [6.07, 6.45) is 26.6. The summed E-state index contributed by atoms with van der Waals surface area (Å²) in [4.78, 5) is 10.3. The number of carboxylic acids is 1. The van der Waals surface area contributed by atoms with Gasteiger partial charge in [-0.25, -0.2) is 4.79 Å². The van der Waals surface area contributed by atoms with E-state index in [9.17, 15) is 4.79 Å². The maximum absolute atomic E-state index is 10.3. The zero-order valence-corrected chi connectivity index (χ0v) is 14.3. The van der Waals surface area contributed by atoms with Crippen molar-refractivity contribution in [3.05, 3.63) is 36.5 Å². The van der Waals surface area contributed by atoms with E-state index in [-0.39, 0.29) is 0 Å². The maximum Gasteiger partial charge on any atom is 0.327 e. The average molecular weight is 306 g/mol. The second-order valence-electron chi connectivity index (χ2n) is 5.72. The van der Waals surface area contributed by atoms with E-state index in [1.807, 2.05) is 0 Å². The van der Waals surface area contributed by atoms with Gasteiger partial charge in [0.25, 0.3) is 0 Å². The first-order chi connectivity index (χ1) is 10.8. The van der Waals surface area contributed by atoms with Crippen LogP contribution in [0.15, 0.2) is 36.5 Å². The summed E-state index contributed by atoms with van der Waals surface area (Å²) < 4.78 is 0. The fraction of sp³-hybridized carbons (Fsp3) is 0.650. The van der Waals surface area contributed by atoms with Gasteiger partial charge in [0.1, 0.15) is 0 Å². The zero-order chi connectivity index (χ0) is 16.3. The van der Waals surface area contributed by atoms with Crippen LogP contribution in [0.4, 0.5) is 0 Å². The topological polar surface area (TPSA) is 37.3 Å². The molecule has 0 atom stereocenters. The number of carbonyl (C=O) groups is 1. The molecule has 0 heterocycles. The number of aliphatic carboxylic acids is 1. The van der Waals surface area contributed by atoms with Gasteiger partial charge in [0.2, 0.25) is 0 Å². The largest absolute Gasteiger partial charge is 0.478 e. The van der Waals surface area contributed by atoms with Crippen LogP contribution in [0.1, 0.15) is 84.0 Å². The third-order valence-corrected chi connectivity index (χ3v) is 3.57. The number of allylic oxidation sites excluding steroid dienone is 5. The van der Waals surface area contributed by atoms with E-state index in [4.69, 9.17) is 5.11 Å². The summed E-state index contributed by atoms with van der Waals surface area (Å²) in [5.74, 6) is -0.841. The Kier molecular flexibility index (Phi) is 16.7. The Balaban J connectivity index is 3.15. The molecule has 0 aliphatic heterocycles. The standard InChI is InChI=1S/C20H34O2/c1-2-3-4-5-6-7-8-9-10-11-12-13-14-15-16-17-18-19-20(21)22/h3-4,7-8,18-19H,2,5-6,9-17H2,1H3,(H,21,22). The van der Waals surface area contributed by atoms with Gasteiger partial charge in [-0.05, 0) is 44.9 Å². The number of unbranched alkanes of at least 4 members (excludes halogenated alkanes) is 9. The van der Waals surface area contributed by atoms with Crippen molar-refractivity contribution >= 4 is 5.97 Å². The van der Waals surface area contributed by atoms with Crippen LogP contribution >= 0.6 is 0 Å². The van der Waals surface area contributed by atoms with E-state index in [1.165, 1.54) is 63.9 Å². The molecule has 1 N–H and O–H groups in total. The third kappa shape index (κ3) is 18.7. The van der Waals surface area contributed by atoms with Crippen molar-refractivity contribution in [2.75, 3.05) is 0 Å². The lowest BCUT2D eigenvalue weighted by molar-refractivity contribution is -0.131. The van der Waals surface area contributed by atoms with Crippen LogP contribution < -0.4 is 0 Å². The summed E-state index contributed by atoms with van der Waals surface area (Å²) in [5, 5.41) is 8.44. The molecular weight excluding hydrogens is 272 g/mol. The number of hydrogen-bond acceptors (Lipinski definition) is 1. The SMILES string of the molecule is CCC=CCCC=CCCCCCCCCCC=CC(=O)O. The van der Waals surface area contributed by atoms with Crippen molar-refractivity contribution in [2.45, 2.75) is 84.0 Å². The molecule has 0 fully saturated rings. The van der Waals surface area contributed by atoms with Gasteiger partial charge in [0, 0.05) is 6.08 Å². The zero-order valence-electron chi connectivity index (χ0n) is 14.3. The molecule has 126 valence electrons. The predicted molar refractivity (Wildman–Crippen MR) is 96.1 cm³/mol. The quantitative estimate of drug-likeness (QED) is 0.215. The lowest BCUT2D eigenvalue weighted by Crippen LogP contribution is -1.85. The molecule has 0 spiro atoms. The van der Waals surface area contributed by atoms with Gasteiger partial charge >= 0.3 is 5.97 Å². The Morgan fingerprint density at radius 3 is 1.68 bits per heavy atom. The Bertz CT molecular complexity index is 327. The lowest BCUT2D eigenvalue weighted by Gasteiger charge is -2.00. The van der Waals surface area contributed by atoms with Crippen LogP contribution in [-0.4, -0.2) is 11.1 Å². The lowest BCUT2D eigenvalue weighted by atomic mass is 10.1. The van der Waals surface area contributed by atoms with Crippen LogP contribution in [0.3, 0.4) is 0 Å². The summed E-state index contributed by atoms with van der Waals surface area (Å²) in [7, 11) is 0. The summed E-state index contributed by atoms with van der Waals surface area (Å²) >= 11 is 0. The fourth-order valence-electron chi connectivity index (χ4n) is 2.31. The van der Waals surface area contributed by atoms with Crippen molar-refractivity contribution in [1.29, 1.82) is 0 Å². The van der Waals surface area contributed by atoms with E-state index in [2.05, 4.69) is 31.2 Å². The second-order valence-corrected chi connectivity index (χ2v) is 5.72. The molecular formula is C20H34O2. The van der Waals surface area contributed by atoms with Gasteiger partial charge in [-0.15, -0.1) is 0 Å². The molecule has 0 amide bonds. The van der Waals surface area contributed by atoms with Crippen molar-refractivity contribution in [1.82, 2.24) is 0 Å². The van der Waals surface area contributed by atoms with E-state index >= 15 is 0 Å². The Morgan fingerprint density at radius 1 is 0.682 bits per heavy atom. The maximum atomic E-state index is 10.3. The van der Waals surface area contributed by atoms with Gasteiger partial charge < -0.3 is 5.11 Å². The first-order valence-electron chi connectivity index (χ1n) is 8.96. The molecule has 0 aromatic heterocycles. The van der Waals surface area contributed by atoms with Crippen molar-refractivity contribution in [3.63, 3.8) is 0 Å². The molecule has 0 aliphatic rings. The summed E-state index contributed by atoms with van der Waals surface area (Å²) in [6.45, 7) is 2.17. The van der Waals surface area contributed by atoms with E-state index in [0.717, 1.165) is 19.3 Å². The van der Waals surface area contributed by atoms with E-state index < -0.39 is 5.97 Å². The predicted octanol–water partition coefficient (Wildman–Crippen LogP) is 6.44. The molecule has 2 nitrogen and oxygen atoms in total. The molecule has 0 aromatic carbocycles. The van der Waals surface area contributed by atoms with Gasteiger partial charge in [0.15, 0.2) is 0 Å². The average Bonchev–Trinajstić information content (AvgIpc) is 2.50. The highest BCUT2D eigenvalue weighted by Gasteiger charge is 1.91. The molecule has 0 bridgehead atoms. The fourth-order valence-corrected chi connectivity index (χ4v) is 2.31. The molecule has 2 heteroatoms. The van der Waals surface area contributed by atoms with Crippen molar-refractivity contribution < 1.29 is 9.90 Å². The highest BCUT2D eigenvalue weighted by Crippen LogP contribution is 2.10. The van der Waals surface area contributed by atoms with Crippen LogP contribution in [0.5, 0.6) is 0 Å². The molecule has 0 rings (SSSR count). The summed E-state index contributed by atoms with van der Waals surface area (Å²) in [6, 6.07) is 0. The third-order valence-electron chi connectivity index (χ3n) is 3.57. The van der Waals surface area contributed by atoms with E-state index in [1.54, 1.807) is 6.08 Å². The van der Waals surface area contributed by atoms with Crippen molar-refractivity contribution in [3.8, 4) is 0 Å². The van der Waals surface area contributed by atoms with Gasteiger partial charge in [-0.3, -0.25) is 0 Å². The molecule has 0 radical (unpaired) electrons. The van der Waals surface area contributed by atoms with E-state index in [0.29, 0.717) is 0 Å². The number of rotatable bonds is 15. The first kappa shape index (κ1) is 20.7. The molecule has 0 saturated carbocycles. The normalized spacial score (nSPS) is 12.0. The van der Waals surface area contributed by atoms with Crippen LogP contribution in [0.25, 0.3) is 0 Å². The minimum absolute atomic E-state index is 0.841. The minimum atomic E-state index is -0.841. The number of carboxylic acid groups (broad SMARTS) is 1. The highest BCUT2D eigenvalue weighted by atomic mass is 16.4. The summed E-state index contributed by atoms with van der Waals surface area (Å²) in [5.41, 5.74) is 0. The first-order valence-corrected chi connectivity index (χ1v) is 8.96. The number of hydrogen-bond donors (Lipinski definition) is 1. The van der Waals surface area contributed by atoms with Crippen LogP contribution in [0, 0.1) is 0 Å². The van der Waals surface area contributed by atoms with Crippen molar-refractivity contribution in [2.24, 2.45) is 0 Å². The Hall–Kier alpha value is -1.31. The smallest absolute Gasteiger partial charge is 0.327 e. The minimum Gasteiger partial charge on any atom is -0.478 e. The monoisotopic (exact) mass is 306 g/mol. The second kappa shape index (κ2) is 17.7. The van der Waals surface area contributed by atoms with Crippen LogP contribution in [0.2, 0.25) is 0 Å². The van der Waals surface area contributed by atoms with Gasteiger partial charge in [-0.2, -0.15) is 0 Å². The Morgan fingerprint density at radius 2 is 1.14 bits per heavy atom. The Labute approximate surface area is 137 Å². The molecule has 0 aromatic rings. The highest BCUT2D eigenvalue weighted by molar-refractivity contribution is 5.79. The molecule has 0 unspecified atom stereocenters. The van der Waals surface area contributed by atoms with Gasteiger partial charge in [0.05, 0.1) is 0 Å². The molecule has 0 aliphatic carbocycles. The molecule has 0 saturated heterocycles. The molecule has 22 heavy (non-hydrogen) atoms. The van der Waals surface area contributed by atoms with Gasteiger partial charge in [-0.1, -0.05) is 69.4 Å². The van der Waals surface area contributed by atoms with Crippen LogP contribution in [-0.2, 0) is 4.79 Å².